The van der Waals surface area contributed by atoms with E-state index in [0.717, 1.165) is 161 Å². The van der Waals surface area contributed by atoms with Crippen LogP contribution in [0.25, 0.3) is 0 Å². The minimum absolute atomic E-state index is 0.0836. The van der Waals surface area contributed by atoms with E-state index in [1.54, 1.807) is 0 Å². The first kappa shape index (κ1) is 88.5. The lowest BCUT2D eigenvalue weighted by molar-refractivity contribution is -0.161. The summed E-state index contributed by atoms with van der Waals surface area (Å²) >= 11 is 0. The molecule has 0 saturated carbocycles. The van der Waals surface area contributed by atoms with E-state index in [2.05, 4.69) is 101 Å². The molecule has 0 saturated heterocycles. The van der Waals surface area contributed by atoms with Crippen LogP contribution in [0, 0.1) is 0 Å². The summed E-state index contributed by atoms with van der Waals surface area (Å²) in [5.41, 5.74) is 0. The summed E-state index contributed by atoms with van der Waals surface area (Å²) in [5.74, 6) is -2.20. The van der Waals surface area contributed by atoms with Gasteiger partial charge >= 0.3 is 39.5 Å². The van der Waals surface area contributed by atoms with Gasteiger partial charge < -0.3 is 33.8 Å². The van der Waals surface area contributed by atoms with Gasteiger partial charge in [-0.05, 0) is 109 Å². The molecule has 92 heavy (non-hydrogen) atoms. The number of phosphoric ester groups is 2. The second-order valence-electron chi connectivity index (χ2n) is 24.2. The number of ether oxygens (including phenoxy) is 4. The average molecular weight is 1340 g/mol. The molecule has 0 aromatic heterocycles. The van der Waals surface area contributed by atoms with Gasteiger partial charge in [0.25, 0.3) is 0 Å². The summed E-state index contributed by atoms with van der Waals surface area (Å²) in [5, 5.41) is 10.6. The van der Waals surface area contributed by atoms with Crippen LogP contribution in [0.4, 0.5) is 0 Å². The van der Waals surface area contributed by atoms with Crippen molar-refractivity contribution < 1.29 is 80.2 Å². The highest BCUT2D eigenvalue weighted by Crippen LogP contribution is 2.45. The number of rotatable bonds is 68. The lowest BCUT2D eigenvalue weighted by Gasteiger charge is -2.21. The molecule has 0 spiro atoms. The van der Waals surface area contributed by atoms with Crippen LogP contribution in [0.1, 0.15) is 310 Å². The van der Waals surface area contributed by atoms with Gasteiger partial charge in [-0.15, -0.1) is 0 Å². The van der Waals surface area contributed by atoms with E-state index >= 15 is 0 Å². The van der Waals surface area contributed by atoms with Crippen LogP contribution >= 0.6 is 15.6 Å². The first-order valence-corrected chi connectivity index (χ1v) is 39.2. The monoisotopic (exact) mass is 1340 g/mol. The Kier molecular flexibility index (Phi) is 63.6. The second-order valence-corrected chi connectivity index (χ2v) is 27.1. The van der Waals surface area contributed by atoms with E-state index in [9.17, 15) is 43.2 Å². The Bertz CT molecular complexity index is 2040. The van der Waals surface area contributed by atoms with Gasteiger partial charge in [0.1, 0.15) is 19.3 Å². The zero-order valence-electron chi connectivity index (χ0n) is 58.0. The number of esters is 4. The van der Waals surface area contributed by atoms with Crippen molar-refractivity contribution in [2.24, 2.45) is 0 Å². The van der Waals surface area contributed by atoms with Gasteiger partial charge in [0.05, 0.1) is 26.4 Å². The topological polar surface area (TPSA) is 237 Å². The number of allylic oxidation sites excluding steroid dienone is 12. The molecule has 0 aliphatic heterocycles. The first-order chi connectivity index (χ1) is 44.7. The van der Waals surface area contributed by atoms with E-state index in [4.69, 9.17) is 37.0 Å². The summed E-state index contributed by atoms with van der Waals surface area (Å²) in [4.78, 5) is 72.6. The molecule has 0 aromatic rings. The number of unbranched alkanes of at least 4 members (excludes halogenated alkanes) is 30. The Morgan fingerprint density at radius 1 is 0.315 bits per heavy atom. The van der Waals surface area contributed by atoms with Crippen LogP contribution in [-0.4, -0.2) is 96.7 Å². The summed E-state index contributed by atoms with van der Waals surface area (Å²) in [6, 6.07) is 0. The van der Waals surface area contributed by atoms with Gasteiger partial charge in [-0.1, -0.05) is 248 Å². The number of aliphatic hydroxyl groups is 1. The van der Waals surface area contributed by atoms with E-state index in [0.29, 0.717) is 25.7 Å². The smallest absolute Gasteiger partial charge is 0.462 e. The summed E-state index contributed by atoms with van der Waals surface area (Å²) in [6.45, 7) is 4.66. The SMILES string of the molecule is CC/C=C\C/C=C\C/C=C\CCCCCCCC(=O)OCC(COP(=O)(O)OCC(O)COP(=O)(O)OCC(COC(=O)CCCCCCC/C=C\C/C=C\CCCCC)OC(=O)CCCCCCC/C=C\CCCC)OC(=O)CCCCCCCCCCCCC. The third kappa shape index (κ3) is 65.2. The van der Waals surface area contributed by atoms with Gasteiger partial charge in [-0.2, -0.15) is 0 Å². The molecule has 0 aromatic carbocycles. The van der Waals surface area contributed by atoms with E-state index in [1.807, 2.05) is 0 Å². The molecule has 0 rings (SSSR count). The van der Waals surface area contributed by atoms with Gasteiger partial charge in [-0.3, -0.25) is 37.3 Å². The fraction of sp³-hybridized carbons (Fsp3) is 0.781. The van der Waals surface area contributed by atoms with Crippen LogP contribution in [0.15, 0.2) is 72.9 Å². The second kappa shape index (κ2) is 66.1. The minimum atomic E-state index is -4.97. The number of hydrogen-bond acceptors (Lipinski definition) is 15. The molecule has 5 unspecified atom stereocenters. The van der Waals surface area contributed by atoms with Crippen LogP contribution in [-0.2, 0) is 65.4 Å². The Morgan fingerprint density at radius 3 is 0.935 bits per heavy atom. The minimum Gasteiger partial charge on any atom is -0.462 e. The largest absolute Gasteiger partial charge is 0.472 e. The molecule has 0 heterocycles. The molecule has 3 N–H and O–H groups in total. The molecule has 0 radical (unpaired) electrons. The zero-order chi connectivity index (χ0) is 67.5. The highest BCUT2D eigenvalue weighted by atomic mass is 31.2. The molecular weight excluding hydrogens is 1210 g/mol. The Hall–Kier alpha value is -3.50. The van der Waals surface area contributed by atoms with Crippen molar-refractivity contribution in [1.82, 2.24) is 0 Å². The van der Waals surface area contributed by atoms with Crippen LogP contribution < -0.4 is 0 Å². The van der Waals surface area contributed by atoms with E-state index < -0.39 is 97.5 Å². The van der Waals surface area contributed by atoms with Crippen molar-refractivity contribution in [3.8, 4) is 0 Å². The lowest BCUT2D eigenvalue weighted by Crippen LogP contribution is -2.30. The van der Waals surface area contributed by atoms with Crippen molar-refractivity contribution >= 4 is 39.5 Å². The van der Waals surface area contributed by atoms with Crippen molar-refractivity contribution in [3.63, 3.8) is 0 Å². The third-order valence-corrected chi connectivity index (χ3v) is 17.1. The molecule has 0 aliphatic rings. The molecule has 19 heteroatoms. The van der Waals surface area contributed by atoms with Crippen LogP contribution in [0.3, 0.4) is 0 Å². The molecular formula is C73H130O17P2. The predicted molar refractivity (Wildman–Crippen MR) is 372 cm³/mol. The summed E-state index contributed by atoms with van der Waals surface area (Å²) in [7, 11) is -9.93. The van der Waals surface area contributed by atoms with E-state index in [-0.39, 0.29) is 25.7 Å². The maximum absolute atomic E-state index is 13.0. The Labute approximate surface area is 558 Å². The first-order valence-electron chi connectivity index (χ1n) is 36.2. The van der Waals surface area contributed by atoms with Crippen molar-refractivity contribution in [1.29, 1.82) is 0 Å². The standard InChI is InChI=1S/C73H130O17P2/c1-5-9-13-17-21-25-29-31-33-35-39-41-45-49-53-57-70(75)83-63-68(89-72(77)59-55-51-47-43-37-27-23-19-15-11-7-3)65-87-91(79,80)85-61-67(74)62-86-92(81,82)88-66-69(90-73(78)60-56-52-48-44-38-28-24-20-16-12-8-4)64-84-71(76)58-54-50-46-42-40-36-34-32-30-26-22-18-14-10-6-2/h9,13,20-22,24-26,31-34,67-69,74H,5-8,10-12,14-19,23,27-30,35-66H2,1-4H3,(H,79,80)(H,81,82)/b13-9-,24-20-,25-21-,26-22-,33-31-,34-32-. The van der Waals surface area contributed by atoms with Crippen LogP contribution in [0.5, 0.6) is 0 Å². The zero-order valence-corrected chi connectivity index (χ0v) is 59.8. The highest BCUT2D eigenvalue weighted by molar-refractivity contribution is 7.47. The average Bonchev–Trinajstić information content (AvgIpc) is 2.55. The van der Waals surface area contributed by atoms with Gasteiger partial charge in [-0.25, -0.2) is 9.13 Å². The molecule has 0 amide bonds. The van der Waals surface area contributed by atoms with E-state index in [1.165, 1.54) is 70.6 Å². The normalized spacial score (nSPS) is 14.5. The number of carbonyl (C=O) groups is 4. The molecule has 534 valence electrons. The molecule has 17 nitrogen and oxygen atoms in total. The number of hydrogen-bond donors (Lipinski definition) is 3. The summed E-state index contributed by atoms with van der Waals surface area (Å²) < 4.78 is 68.2. The van der Waals surface area contributed by atoms with Gasteiger partial charge in [0.2, 0.25) is 0 Å². The fourth-order valence-electron chi connectivity index (χ4n) is 9.60. The fourth-order valence-corrected chi connectivity index (χ4v) is 11.2. The van der Waals surface area contributed by atoms with Crippen molar-refractivity contribution in [2.45, 2.75) is 329 Å². The Morgan fingerprint density at radius 2 is 0.576 bits per heavy atom. The summed E-state index contributed by atoms with van der Waals surface area (Å²) in [6.07, 6.45) is 63.4. The van der Waals surface area contributed by atoms with Gasteiger partial charge in [0, 0.05) is 25.7 Å². The van der Waals surface area contributed by atoms with Crippen molar-refractivity contribution in [3.05, 3.63) is 72.9 Å². The number of aliphatic hydroxyl groups excluding tert-OH is 1. The maximum Gasteiger partial charge on any atom is 0.472 e. The van der Waals surface area contributed by atoms with Crippen molar-refractivity contribution in [2.75, 3.05) is 39.6 Å². The third-order valence-electron chi connectivity index (χ3n) is 15.2. The maximum atomic E-state index is 13.0. The molecule has 0 bridgehead atoms. The number of phosphoric acid groups is 2. The van der Waals surface area contributed by atoms with Gasteiger partial charge in [0.15, 0.2) is 12.2 Å². The quantitative estimate of drug-likeness (QED) is 0.0169. The highest BCUT2D eigenvalue weighted by Gasteiger charge is 2.30. The Balaban J connectivity index is 5.30. The van der Waals surface area contributed by atoms with Crippen LogP contribution in [0.2, 0.25) is 0 Å². The predicted octanol–water partition coefficient (Wildman–Crippen LogP) is 20.1. The molecule has 5 atom stereocenters. The lowest BCUT2D eigenvalue weighted by atomic mass is 10.1. The number of carbonyl (C=O) groups excluding carboxylic acids is 4. The molecule has 0 aliphatic carbocycles. The molecule has 0 fully saturated rings.